The van der Waals surface area contributed by atoms with Gasteiger partial charge in [-0.15, -0.1) is 11.3 Å². The van der Waals surface area contributed by atoms with E-state index in [9.17, 15) is 10.1 Å². The van der Waals surface area contributed by atoms with Crippen molar-refractivity contribution in [3.8, 4) is 17.2 Å². The van der Waals surface area contributed by atoms with Crippen molar-refractivity contribution >= 4 is 60.8 Å². The number of hydrogen-bond donors (Lipinski definition) is 2. The smallest absolute Gasteiger partial charge is 0.258 e. The van der Waals surface area contributed by atoms with Crippen molar-refractivity contribution in [2.75, 3.05) is 11.1 Å². The number of aromatic nitrogens is 2. The number of thiophene rings is 1. The molecule has 3 heterocycles. The summed E-state index contributed by atoms with van der Waals surface area (Å²) in [4.78, 5) is 23.6. The second-order valence-corrected chi connectivity index (χ2v) is 9.22. The fraction of sp³-hybridized carbons (Fsp3) is 0.0769. The first-order valence-corrected chi connectivity index (χ1v) is 11.6. The minimum Gasteiger partial charge on any atom is -0.383 e. The molecule has 0 fully saturated rings. The summed E-state index contributed by atoms with van der Waals surface area (Å²) in [6, 6.07) is 18.7. The van der Waals surface area contributed by atoms with Crippen LogP contribution >= 0.6 is 22.9 Å². The number of hydrogen-bond acceptors (Lipinski definition) is 6. The molecule has 166 valence electrons. The van der Waals surface area contributed by atoms with Crippen molar-refractivity contribution in [3.63, 3.8) is 0 Å². The maximum atomic E-state index is 13.6. The predicted octanol–water partition coefficient (Wildman–Crippen LogP) is 6.49. The van der Waals surface area contributed by atoms with Crippen LogP contribution in [-0.4, -0.2) is 15.9 Å². The summed E-state index contributed by atoms with van der Waals surface area (Å²) >= 11 is 8.06. The third kappa shape index (κ3) is 3.45. The predicted molar refractivity (Wildman–Crippen MR) is 138 cm³/mol. The number of halogens is 1. The van der Waals surface area contributed by atoms with Gasteiger partial charge in [0.1, 0.15) is 16.7 Å². The third-order valence-electron chi connectivity index (χ3n) is 5.71. The lowest BCUT2D eigenvalue weighted by Gasteiger charge is -2.15. The number of carbonyl (C=O) groups is 1. The number of rotatable bonds is 3. The molecule has 34 heavy (non-hydrogen) atoms. The zero-order chi connectivity index (χ0) is 24.0. The molecule has 3 N–H and O–H groups in total. The first kappa shape index (κ1) is 21.8. The van der Waals surface area contributed by atoms with Crippen LogP contribution in [0.2, 0.25) is 5.02 Å². The van der Waals surface area contributed by atoms with Gasteiger partial charge in [0.25, 0.3) is 5.91 Å². The maximum absolute atomic E-state index is 13.6. The second-order valence-electron chi connectivity index (χ2n) is 7.82. The van der Waals surface area contributed by atoms with Crippen molar-refractivity contribution in [2.45, 2.75) is 13.8 Å². The van der Waals surface area contributed by atoms with E-state index in [-0.39, 0.29) is 11.7 Å². The minimum atomic E-state index is -0.300. The van der Waals surface area contributed by atoms with Gasteiger partial charge < -0.3 is 11.1 Å². The fourth-order valence-corrected chi connectivity index (χ4v) is 5.55. The Bertz CT molecular complexity index is 1650. The molecule has 5 rings (SSSR count). The van der Waals surface area contributed by atoms with Crippen LogP contribution in [-0.2, 0) is 0 Å². The van der Waals surface area contributed by atoms with Crippen LogP contribution < -0.4 is 11.1 Å². The average molecular weight is 484 g/mol. The quantitative estimate of drug-likeness (QED) is 0.305. The molecule has 0 aliphatic rings. The molecule has 6 nitrogen and oxygen atoms in total. The molecule has 0 saturated carbocycles. The molecule has 0 saturated heterocycles. The van der Waals surface area contributed by atoms with E-state index >= 15 is 0 Å². The van der Waals surface area contributed by atoms with Crippen LogP contribution in [0.15, 0.2) is 54.6 Å². The zero-order valence-corrected chi connectivity index (χ0v) is 19.9. The van der Waals surface area contributed by atoms with Crippen LogP contribution in [0.4, 0.5) is 11.5 Å². The Balaban J connectivity index is 1.90. The van der Waals surface area contributed by atoms with E-state index in [1.807, 2.05) is 55.5 Å². The van der Waals surface area contributed by atoms with E-state index in [2.05, 4.69) is 16.4 Å². The normalized spacial score (nSPS) is 11.0. The van der Waals surface area contributed by atoms with Gasteiger partial charge in [0.15, 0.2) is 0 Å². The Kier molecular flexibility index (Phi) is 5.40. The van der Waals surface area contributed by atoms with Crippen molar-refractivity contribution in [1.82, 2.24) is 9.97 Å². The first-order valence-electron chi connectivity index (χ1n) is 10.4. The van der Waals surface area contributed by atoms with Crippen molar-refractivity contribution in [3.05, 3.63) is 82.0 Å². The van der Waals surface area contributed by atoms with Crippen molar-refractivity contribution in [2.24, 2.45) is 0 Å². The average Bonchev–Trinajstić information content (AvgIpc) is 3.17. The van der Waals surface area contributed by atoms with E-state index in [0.29, 0.717) is 54.4 Å². The van der Waals surface area contributed by atoms with Gasteiger partial charge in [-0.3, -0.25) is 4.79 Å². The summed E-state index contributed by atoms with van der Waals surface area (Å²) in [6.07, 6.45) is 0. The number of nitriles is 1. The second kappa shape index (κ2) is 8.41. The van der Waals surface area contributed by atoms with E-state index in [1.54, 1.807) is 13.0 Å². The van der Waals surface area contributed by atoms with Gasteiger partial charge in [-0.1, -0.05) is 48.0 Å². The van der Waals surface area contributed by atoms with Gasteiger partial charge in [-0.2, -0.15) is 5.26 Å². The molecule has 5 aromatic rings. The van der Waals surface area contributed by atoms with Crippen LogP contribution in [0.5, 0.6) is 0 Å². The Hall–Kier alpha value is -3.99. The van der Waals surface area contributed by atoms with Gasteiger partial charge in [-0.25, -0.2) is 9.97 Å². The van der Waals surface area contributed by atoms with Gasteiger partial charge in [0, 0.05) is 27.2 Å². The van der Waals surface area contributed by atoms with E-state index in [0.717, 1.165) is 10.3 Å². The molecule has 0 aliphatic heterocycles. The fourth-order valence-electron chi connectivity index (χ4n) is 4.14. The third-order valence-corrected chi connectivity index (χ3v) is 7.24. The van der Waals surface area contributed by atoms with E-state index in [4.69, 9.17) is 22.3 Å². The highest BCUT2D eigenvalue weighted by molar-refractivity contribution is 7.25. The molecule has 3 aromatic heterocycles. The van der Waals surface area contributed by atoms with E-state index in [1.165, 1.54) is 11.3 Å². The van der Waals surface area contributed by atoms with Crippen molar-refractivity contribution in [1.29, 1.82) is 5.26 Å². The highest BCUT2D eigenvalue weighted by Gasteiger charge is 2.26. The summed E-state index contributed by atoms with van der Waals surface area (Å²) in [6.45, 7) is 3.65. The number of nitrogen functional groups attached to an aromatic ring is 1. The standard InChI is InChI=1S/C26H18ClN5OS/c1-13-17(12-28)24(29)32-22-21-20(16-10-6-7-11-18(16)27)19(14(2)30-26(21)34-23(13)22)25(33)31-15-8-4-3-5-9-15/h3-11H,1-2H3,(H2,29,32)(H,31,33). The molecule has 0 aliphatic carbocycles. The highest BCUT2D eigenvalue weighted by atomic mass is 35.5. The number of pyridine rings is 2. The lowest BCUT2D eigenvalue weighted by Crippen LogP contribution is -2.16. The van der Waals surface area contributed by atoms with Crippen LogP contribution in [0.3, 0.4) is 0 Å². The van der Waals surface area contributed by atoms with E-state index < -0.39 is 0 Å². The maximum Gasteiger partial charge on any atom is 0.258 e. The molecule has 2 aromatic carbocycles. The summed E-state index contributed by atoms with van der Waals surface area (Å²) < 4.78 is 0.807. The molecular formula is C26H18ClN5OS. The summed E-state index contributed by atoms with van der Waals surface area (Å²) in [5.41, 5.74) is 10.8. The molecule has 0 spiro atoms. The largest absolute Gasteiger partial charge is 0.383 e. The van der Waals surface area contributed by atoms with Gasteiger partial charge in [0.2, 0.25) is 0 Å². The molecule has 1 amide bonds. The highest BCUT2D eigenvalue weighted by Crippen LogP contribution is 2.44. The van der Waals surface area contributed by atoms with Crippen molar-refractivity contribution < 1.29 is 4.79 Å². The number of anilines is 2. The molecule has 0 radical (unpaired) electrons. The summed E-state index contributed by atoms with van der Waals surface area (Å²) in [7, 11) is 0. The number of carbonyl (C=O) groups excluding carboxylic acids is 1. The number of nitrogens with one attached hydrogen (secondary N) is 1. The molecule has 0 bridgehead atoms. The monoisotopic (exact) mass is 483 g/mol. The Labute approximate surface area is 204 Å². The number of aryl methyl sites for hydroxylation is 2. The van der Waals surface area contributed by atoms with Gasteiger partial charge in [0.05, 0.1) is 27.0 Å². The number of nitrogens with two attached hydrogens (primary N) is 1. The van der Waals surface area contributed by atoms with Gasteiger partial charge >= 0.3 is 0 Å². The Morgan fingerprint density at radius 1 is 1.09 bits per heavy atom. The Morgan fingerprint density at radius 2 is 1.79 bits per heavy atom. The lowest BCUT2D eigenvalue weighted by atomic mass is 9.94. The minimum absolute atomic E-state index is 0.146. The first-order chi connectivity index (χ1) is 16.4. The number of amides is 1. The molecule has 0 unspecified atom stereocenters. The lowest BCUT2D eigenvalue weighted by molar-refractivity contribution is 0.102. The Morgan fingerprint density at radius 3 is 2.50 bits per heavy atom. The van der Waals surface area contributed by atoms with Crippen LogP contribution in [0, 0.1) is 25.2 Å². The number of nitrogens with zero attached hydrogens (tertiary/aromatic N) is 3. The van der Waals surface area contributed by atoms with Crippen LogP contribution in [0.1, 0.15) is 27.2 Å². The number of fused-ring (bicyclic) bond motifs is 3. The SMILES string of the molecule is Cc1nc2sc3c(C)c(C#N)c(N)nc3c2c(-c2ccccc2Cl)c1C(=O)Nc1ccccc1. The molecular weight excluding hydrogens is 466 g/mol. The molecule has 8 heteroatoms. The molecule has 0 atom stereocenters. The van der Waals surface area contributed by atoms with Crippen LogP contribution in [0.25, 0.3) is 31.6 Å². The number of para-hydroxylation sites is 1. The summed E-state index contributed by atoms with van der Waals surface area (Å²) in [5.74, 6) is -0.154. The summed E-state index contributed by atoms with van der Waals surface area (Å²) in [5, 5.41) is 13.7. The zero-order valence-electron chi connectivity index (χ0n) is 18.3. The number of benzene rings is 2. The topological polar surface area (TPSA) is 105 Å². The van der Waals surface area contributed by atoms with Gasteiger partial charge in [-0.05, 0) is 37.6 Å².